The first-order valence-corrected chi connectivity index (χ1v) is 7.91. The predicted molar refractivity (Wildman–Crippen MR) is 82.0 cm³/mol. The zero-order chi connectivity index (χ0) is 17.7. The number of carbonyl (C=O) groups is 1. The molecular formula is C14H13N3O6S. The second-order valence-electron chi connectivity index (χ2n) is 4.44. The molecule has 1 aromatic carbocycles. The molecule has 0 spiro atoms. The van der Waals surface area contributed by atoms with Crippen molar-refractivity contribution in [3.63, 3.8) is 0 Å². The Kier molecular flexibility index (Phi) is 5.11. The van der Waals surface area contributed by atoms with E-state index in [0.29, 0.717) is 0 Å². The Morgan fingerprint density at radius 3 is 2.71 bits per heavy atom. The number of aromatic carboxylic acids is 1. The van der Waals surface area contributed by atoms with E-state index >= 15 is 0 Å². The molecular weight excluding hydrogens is 338 g/mol. The molecule has 1 heterocycles. The van der Waals surface area contributed by atoms with Gasteiger partial charge in [0.25, 0.3) is 0 Å². The summed E-state index contributed by atoms with van der Waals surface area (Å²) in [6.07, 6.45) is 7.02. The minimum atomic E-state index is -4.29. The summed E-state index contributed by atoms with van der Waals surface area (Å²) in [5.41, 5.74) is -0.0347. The number of carboxylic acids is 1. The van der Waals surface area contributed by atoms with Gasteiger partial charge in [-0.3, -0.25) is 5.21 Å². The third-order valence-electron chi connectivity index (χ3n) is 2.90. The summed E-state index contributed by atoms with van der Waals surface area (Å²) in [6, 6.07) is 3.36. The molecule has 126 valence electrons. The van der Waals surface area contributed by atoms with Crippen molar-refractivity contribution in [1.82, 2.24) is 5.06 Å². The number of benzene rings is 1. The predicted octanol–water partition coefficient (Wildman–Crippen LogP) is 2.15. The molecule has 10 heteroatoms. The van der Waals surface area contributed by atoms with E-state index in [-0.39, 0.29) is 17.0 Å². The standard InChI is InChI=1S/C14H13N3O6S/c1-23-12-6-5-10(14(18)19)8-13(12)24(21,22)16-15-9-11-4-2-3-7-17(11)20/h2-9,20H,1H3,(H,18,19). The molecule has 9 nitrogen and oxygen atoms in total. The second kappa shape index (κ2) is 7.06. The number of sulfonamides is 1. The van der Waals surface area contributed by atoms with E-state index in [0.717, 1.165) is 17.3 Å². The van der Waals surface area contributed by atoms with Gasteiger partial charge < -0.3 is 9.84 Å². The van der Waals surface area contributed by atoms with E-state index in [1.165, 1.54) is 31.5 Å². The van der Waals surface area contributed by atoms with Gasteiger partial charge in [-0.2, -0.15) is 8.42 Å². The van der Waals surface area contributed by atoms with Crippen LogP contribution in [0.2, 0.25) is 0 Å². The van der Waals surface area contributed by atoms with Gasteiger partial charge in [-0.15, -0.1) is 5.11 Å². The number of nitrogens with zero attached hydrogens (tertiary/aromatic N) is 3. The molecule has 0 aromatic heterocycles. The largest absolute Gasteiger partial charge is 0.495 e. The van der Waals surface area contributed by atoms with Crippen molar-refractivity contribution in [2.24, 2.45) is 9.63 Å². The van der Waals surface area contributed by atoms with Crippen LogP contribution in [0.25, 0.3) is 0 Å². The first-order chi connectivity index (χ1) is 11.3. The van der Waals surface area contributed by atoms with Gasteiger partial charge in [0.2, 0.25) is 0 Å². The zero-order valence-corrected chi connectivity index (χ0v) is 13.2. The molecule has 0 bridgehead atoms. The first-order valence-electron chi connectivity index (χ1n) is 6.47. The average molecular weight is 351 g/mol. The van der Waals surface area contributed by atoms with Crippen molar-refractivity contribution in [3.05, 3.63) is 60.1 Å². The van der Waals surface area contributed by atoms with Crippen molar-refractivity contribution in [3.8, 4) is 5.75 Å². The minimum Gasteiger partial charge on any atom is -0.495 e. The second-order valence-corrected chi connectivity index (χ2v) is 6.00. The summed E-state index contributed by atoms with van der Waals surface area (Å²) in [5, 5.41) is 22.6. The molecule has 1 aliphatic rings. The van der Waals surface area contributed by atoms with Crippen LogP contribution in [0.1, 0.15) is 10.4 Å². The summed E-state index contributed by atoms with van der Waals surface area (Å²) in [4.78, 5) is 10.6. The van der Waals surface area contributed by atoms with E-state index < -0.39 is 20.9 Å². The van der Waals surface area contributed by atoms with Gasteiger partial charge in [-0.1, -0.05) is 10.6 Å². The van der Waals surface area contributed by atoms with Crippen LogP contribution >= 0.6 is 0 Å². The molecule has 1 aliphatic heterocycles. The fourth-order valence-corrected chi connectivity index (χ4v) is 2.69. The number of methoxy groups -OCH3 is 1. The molecule has 2 rings (SSSR count). The van der Waals surface area contributed by atoms with Crippen LogP contribution in [0.15, 0.2) is 69.1 Å². The van der Waals surface area contributed by atoms with E-state index in [2.05, 4.69) is 9.63 Å². The Labute approximate surface area is 137 Å². The van der Waals surface area contributed by atoms with Gasteiger partial charge in [-0.05, 0) is 30.4 Å². The van der Waals surface area contributed by atoms with Gasteiger partial charge >= 0.3 is 16.0 Å². The van der Waals surface area contributed by atoms with Crippen molar-refractivity contribution >= 4 is 16.0 Å². The monoisotopic (exact) mass is 351 g/mol. The van der Waals surface area contributed by atoms with Crippen LogP contribution in [0, 0.1) is 0 Å². The molecule has 24 heavy (non-hydrogen) atoms. The summed E-state index contributed by atoms with van der Waals surface area (Å²) >= 11 is 0. The first kappa shape index (κ1) is 17.4. The number of hydrogen-bond donors (Lipinski definition) is 2. The lowest BCUT2D eigenvalue weighted by Gasteiger charge is -2.13. The van der Waals surface area contributed by atoms with Gasteiger partial charge in [0.1, 0.15) is 10.6 Å². The number of carboxylic acid groups (broad SMARTS) is 1. The van der Waals surface area contributed by atoms with Crippen molar-refractivity contribution in [2.75, 3.05) is 7.11 Å². The summed E-state index contributed by atoms with van der Waals surface area (Å²) in [7, 11) is -3.05. The highest BCUT2D eigenvalue weighted by molar-refractivity contribution is 7.90. The van der Waals surface area contributed by atoms with Gasteiger partial charge in [0, 0.05) is 6.20 Å². The normalized spacial score (nSPS) is 16.1. The third kappa shape index (κ3) is 3.86. The highest BCUT2D eigenvalue weighted by atomic mass is 32.2. The quantitative estimate of drug-likeness (QED) is 0.778. The SMILES string of the molecule is COc1ccc(C(=O)O)cc1S(=O)(=O)N=NC=C1C=CC=CN1O. The Morgan fingerprint density at radius 1 is 1.33 bits per heavy atom. The van der Waals surface area contributed by atoms with Crippen LogP contribution in [-0.2, 0) is 10.0 Å². The number of ether oxygens (including phenoxy) is 1. The zero-order valence-electron chi connectivity index (χ0n) is 12.4. The molecule has 0 amide bonds. The Bertz CT molecular complexity index is 870. The smallest absolute Gasteiger partial charge is 0.335 e. The fraction of sp³-hybridized carbons (Fsp3) is 0.0714. The molecule has 0 saturated heterocycles. The van der Waals surface area contributed by atoms with E-state index in [4.69, 9.17) is 9.84 Å². The summed E-state index contributed by atoms with van der Waals surface area (Å²) < 4.78 is 32.6. The van der Waals surface area contributed by atoms with Crippen molar-refractivity contribution in [1.29, 1.82) is 0 Å². The van der Waals surface area contributed by atoms with Gasteiger partial charge in [0.15, 0.2) is 0 Å². The summed E-state index contributed by atoms with van der Waals surface area (Å²) in [5.74, 6) is -1.35. The van der Waals surface area contributed by atoms with Crippen LogP contribution in [0.3, 0.4) is 0 Å². The highest BCUT2D eigenvalue weighted by Gasteiger charge is 2.21. The fourth-order valence-electron chi connectivity index (χ4n) is 1.75. The van der Waals surface area contributed by atoms with Crippen molar-refractivity contribution in [2.45, 2.75) is 4.90 Å². The molecule has 0 unspecified atom stereocenters. The lowest BCUT2D eigenvalue weighted by atomic mass is 10.2. The van der Waals surface area contributed by atoms with Crippen LogP contribution < -0.4 is 4.74 Å². The number of hydroxylamine groups is 2. The highest BCUT2D eigenvalue weighted by Crippen LogP contribution is 2.27. The third-order valence-corrected chi connectivity index (χ3v) is 4.09. The van der Waals surface area contributed by atoms with E-state index in [9.17, 15) is 18.4 Å². The maximum absolute atomic E-state index is 12.2. The Hall–Kier alpha value is -2.98. The lowest BCUT2D eigenvalue weighted by Crippen LogP contribution is -2.10. The van der Waals surface area contributed by atoms with Crippen LogP contribution in [0.5, 0.6) is 5.75 Å². The topological polar surface area (TPSA) is 129 Å². The minimum absolute atomic E-state index is 0.0594. The number of hydrogen-bond acceptors (Lipinski definition) is 7. The number of allylic oxidation sites excluding steroid dienone is 3. The molecule has 0 radical (unpaired) electrons. The van der Waals surface area contributed by atoms with Crippen molar-refractivity contribution < 1.29 is 28.3 Å². The molecule has 0 saturated carbocycles. The molecule has 1 aromatic rings. The maximum Gasteiger partial charge on any atom is 0.335 e. The van der Waals surface area contributed by atoms with Gasteiger partial charge in [0.05, 0.1) is 24.6 Å². The Balaban J connectivity index is 2.36. The molecule has 2 N–H and O–H groups in total. The summed E-state index contributed by atoms with van der Waals surface area (Å²) in [6.45, 7) is 0. The Morgan fingerprint density at radius 2 is 2.08 bits per heavy atom. The molecule has 0 atom stereocenters. The maximum atomic E-state index is 12.2. The lowest BCUT2D eigenvalue weighted by molar-refractivity contribution is -0.000515. The van der Waals surface area contributed by atoms with Crippen LogP contribution in [-0.4, -0.2) is 36.9 Å². The van der Waals surface area contributed by atoms with Gasteiger partial charge in [-0.25, -0.2) is 9.86 Å². The van der Waals surface area contributed by atoms with E-state index in [1.54, 1.807) is 12.2 Å². The molecule has 0 fully saturated rings. The average Bonchev–Trinajstić information content (AvgIpc) is 2.55. The van der Waals surface area contributed by atoms with Crippen LogP contribution in [0.4, 0.5) is 0 Å². The number of rotatable bonds is 5. The molecule has 0 aliphatic carbocycles. The van der Waals surface area contributed by atoms with E-state index in [1.807, 2.05) is 0 Å².